The molecule has 1 aromatic heterocycles. The monoisotopic (exact) mass is 320 g/mol. The molecule has 1 atom stereocenters. The fraction of sp³-hybridized carbons (Fsp3) is 0.200. The van der Waals surface area contributed by atoms with E-state index in [1.165, 1.54) is 11.8 Å². The highest BCUT2D eigenvalue weighted by molar-refractivity contribution is 5.99. The van der Waals surface area contributed by atoms with Gasteiger partial charge >= 0.3 is 0 Å². The Morgan fingerprint density at radius 2 is 1.75 bits per heavy atom. The smallest absolute Gasteiger partial charge is 0.257 e. The normalized spacial score (nSPS) is 11.9. The molecule has 4 nitrogen and oxygen atoms in total. The van der Waals surface area contributed by atoms with Crippen LogP contribution in [0.5, 0.6) is 0 Å². The van der Waals surface area contributed by atoms with Crippen LogP contribution in [-0.2, 0) is 6.42 Å². The third kappa shape index (κ3) is 3.90. The largest absolute Gasteiger partial charge is 0.363 e. The number of nitrogens with zero attached hydrogens (tertiary/aromatic N) is 1. The van der Waals surface area contributed by atoms with E-state index in [1.54, 1.807) is 0 Å². The Balaban J connectivity index is 1.62. The maximum absolute atomic E-state index is 12.5. The summed E-state index contributed by atoms with van der Waals surface area (Å²) in [7, 11) is 0. The molecule has 122 valence electrons. The summed E-state index contributed by atoms with van der Waals surface area (Å²) in [5, 5.41) is 7.00. The lowest BCUT2D eigenvalue weighted by atomic mass is 10.0. The lowest BCUT2D eigenvalue weighted by Crippen LogP contribution is -2.33. The number of aryl methyl sites for hydroxylation is 1. The summed E-state index contributed by atoms with van der Waals surface area (Å²) in [6.45, 7) is 2.01. The number of hydrogen-bond acceptors (Lipinski definition) is 3. The summed E-state index contributed by atoms with van der Waals surface area (Å²) in [5.74, 6) is -0.157. The molecule has 0 saturated carbocycles. The van der Waals surface area contributed by atoms with E-state index >= 15 is 0 Å². The Kier molecular flexibility index (Phi) is 5.06. The van der Waals surface area contributed by atoms with Gasteiger partial charge in [0.1, 0.15) is 17.5 Å². The van der Waals surface area contributed by atoms with E-state index in [-0.39, 0.29) is 11.9 Å². The summed E-state index contributed by atoms with van der Waals surface area (Å²) in [4.78, 5) is 12.5. The molecule has 4 heteroatoms. The van der Waals surface area contributed by atoms with Gasteiger partial charge in [0.05, 0.1) is 0 Å². The number of hydrogen-bond donors (Lipinski definition) is 1. The van der Waals surface area contributed by atoms with Crippen molar-refractivity contribution >= 4 is 5.91 Å². The second-order valence-corrected chi connectivity index (χ2v) is 5.84. The standard InChI is InChI=1S/C20H20N2O2/c1-15(12-13-16-8-4-2-5-9-16)21-20(23)18-14-24-22-19(18)17-10-6-3-7-11-17/h2-11,14-15H,12-13H2,1H3,(H,21,23)/t15-/m0/s1. The second-order valence-electron chi connectivity index (χ2n) is 5.84. The van der Waals surface area contributed by atoms with Crippen LogP contribution in [0.15, 0.2) is 71.4 Å². The zero-order valence-electron chi connectivity index (χ0n) is 13.6. The molecule has 0 aliphatic carbocycles. The van der Waals surface area contributed by atoms with E-state index in [4.69, 9.17) is 4.52 Å². The molecule has 1 N–H and O–H groups in total. The fourth-order valence-corrected chi connectivity index (χ4v) is 2.60. The number of carbonyl (C=O) groups is 1. The van der Waals surface area contributed by atoms with Gasteiger partial charge in [-0.05, 0) is 25.3 Å². The van der Waals surface area contributed by atoms with Crippen molar-refractivity contribution in [1.29, 1.82) is 0 Å². The minimum atomic E-state index is -0.157. The number of carbonyl (C=O) groups excluding carboxylic acids is 1. The van der Waals surface area contributed by atoms with Gasteiger partial charge in [0.15, 0.2) is 0 Å². The Morgan fingerprint density at radius 1 is 1.08 bits per heavy atom. The van der Waals surface area contributed by atoms with Gasteiger partial charge in [-0.2, -0.15) is 0 Å². The summed E-state index contributed by atoms with van der Waals surface area (Å²) in [5.41, 5.74) is 3.18. The molecule has 0 spiro atoms. The first-order valence-electron chi connectivity index (χ1n) is 8.08. The average Bonchev–Trinajstić information content (AvgIpc) is 3.11. The Bertz CT molecular complexity index is 782. The van der Waals surface area contributed by atoms with Crippen molar-refractivity contribution in [3.8, 4) is 11.3 Å². The van der Waals surface area contributed by atoms with E-state index in [9.17, 15) is 4.79 Å². The SMILES string of the molecule is C[C@@H](CCc1ccccc1)NC(=O)c1conc1-c1ccccc1. The molecule has 24 heavy (non-hydrogen) atoms. The molecule has 0 aliphatic rings. The summed E-state index contributed by atoms with van der Waals surface area (Å²) < 4.78 is 5.02. The van der Waals surface area contributed by atoms with Gasteiger partial charge in [0.2, 0.25) is 0 Å². The predicted octanol–water partition coefficient (Wildman–Crippen LogP) is 4.09. The minimum Gasteiger partial charge on any atom is -0.363 e. The van der Waals surface area contributed by atoms with Crippen molar-refractivity contribution in [1.82, 2.24) is 10.5 Å². The molecule has 0 aliphatic heterocycles. The molecule has 2 aromatic carbocycles. The molecule has 0 saturated heterocycles. The van der Waals surface area contributed by atoms with E-state index in [0.717, 1.165) is 18.4 Å². The Labute approximate surface area is 141 Å². The van der Waals surface area contributed by atoms with Crippen molar-refractivity contribution in [2.24, 2.45) is 0 Å². The topological polar surface area (TPSA) is 55.1 Å². The van der Waals surface area contributed by atoms with Gasteiger partial charge in [-0.15, -0.1) is 0 Å². The number of benzene rings is 2. The maximum Gasteiger partial charge on any atom is 0.257 e. The molecule has 3 aromatic rings. The van der Waals surface area contributed by atoms with Crippen LogP contribution in [0.1, 0.15) is 29.3 Å². The van der Waals surface area contributed by atoms with E-state index in [1.807, 2.05) is 55.5 Å². The quantitative estimate of drug-likeness (QED) is 0.744. The van der Waals surface area contributed by atoms with Gasteiger partial charge in [0.25, 0.3) is 5.91 Å². The maximum atomic E-state index is 12.5. The third-order valence-corrected chi connectivity index (χ3v) is 3.95. The molecular weight excluding hydrogens is 300 g/mol. The Hall–Kier alpha value is -2.88. The second kappa shape index (κ2) is 7.59. The van der Waals surface area contributed by atoms with Crippen LogP contribution in [0.25, 0.3) is 11.3 Å². The zero-order chi connectivity index (χ0) is 16.8. The van der Waals surface area contributed by atoms with Crippen molar-refractivity contribution in [2.45, 2.75) is 25.8 Å². The van der Waals surface area contributed by atoms with Gasteiger partial charge in [-0.1, -0.05) is 65.8 Å². The van der Waals surface area contributed by atoms with Crippen LogP contribution < -0.4 is 5.32 Å². The fourth-order valence-electron chi connectivity index (χ4n) is 2.60. The van der Waals surface area contributed by atoms with Crippen molar-refractivity contribution in [3.63, 3.8) is 0 Å². The number of nitrogens with one attached hydrogen (secondary N) is 1. The summed E-state index contributed by atoms with van der Waals surface area (Å²) in [6.07, 6.45) is 3.21. The average molecular weight is 320 g/mol. The number of aromatic nitrogens is 1. The van der Waals surface area contributed by atoms with Crippen molar-refractivity contribution < 1.29 is 9.32 Å². The first kappa shape index (κ1) is 16.0. The molecule has 1 amide bonds. The molecule has 0 bridgehead atoms. The van der Waals surface area contributed by atoms with E-state index in [0.29, 0.717) is 11.3 Å². The third-order valence-electron chi connectivity index (χ3n) is 3.95. The summed E-state index contributed by atoms with van der Waals surface area (Å²) >= 11 is 0. The lowest BCUT2D eigenvalue weighted by molar-refractivity contribution is 0.0938. The lowest BCUT2D eigenvalue weighted by Gasteiger charge is -2.13. The number of amides is 1. The van der Waals surface area contributed by atoms with Crippen molar-refractivity contribution in [2.75, 3.05) is 0 Å². The highest BCUT2D eigenvalue weighted by Gasteiger charge is 2.18. The van der Waals surface area contributed by atoms with Crippen molar-refractivity contribution in [3.05, 3.63) is 78.1 Å². The first-order valence-corrected chi connectivity index (χ1v) is 8.08. The zero-order valence-corrected chi connectivity index (χ0v) is 13.6. The van der Waals surface area contributed by atoms with Gasteiger partial charge in [0, 0.05) is 11.6 Å². The van der Waals surface area contributed by atoms with E-state index < -0.39 is 0 Å². The van der Waals surface area contributed by atoms with E-state index in [2.05, 4.69) is 22.6 Å². The predicted molar refractivity (Wildman–Crippen MR) is 93.6 cm³/mol. The molecule has 1 heterocycles. The number of rotatable bonds is 6. The van der Waals surface area contributed by atoms with Crippen LogP contribution >= 0.6 is 0 Å². The van der Waals surface area contributed by atoms with Crippen LogP contribution in [0, 0.1) is 0 Å². The molecular formula is C20H20N2O2. The first-order chi connectivity index (χ1) is 11.7. The van der Waals surface area contributed by atoms with Crippen LogP contribution in [0.4, 0.5) is 0 Å². The van der Waals surface area contributed by atoms with Gasteiger partial charge in [-0.25, -0.2) is 0 Å². The van der Waals surface area contributed by atoms with Crippen LogP contribution in [-0.4, -0.2) is 17.1 Å². The highest BCUT2D eigenvalue weighted by Crippen LogP contribution is 2.21. The van der Waals surface area contributed by atoms with Gasteiger partial charge < -0.3 is 9.84 Å². The highest BCUT2D eigenvalue weighted by atomic mass is 16.5. The van der Waals surface area contributed by atoms with Gasteiger partial charge in [-0.3, -0.25) is 4.79 Å². The van der Waals surface area contributed by atoms with Crippen LogP contribution in [0.3, 0.4) is 0 Å². The Morgan fingerprint density at radius 3 is 2.46 bits per heavy atom. The summed E-state index contributed by atoms with van der Waals surface area (Å²) in [6, 6.07) is 19.9. The molecule has 0 radical (unpaired) electrons. The van der Waals surface area contributed by atoms with Crippen LogP contribution in [0.2, 0.25) is 0 Å². The molecule has 3 rings (SSSR count). The molecule has 0 fully saturated rings. The minimum absolute atomic E-state index is 0.0660. The molecule has 0 unspecified atom stereocenters.